The Morgan fingerprint density at radius 2 is 1.83 bits per heavy atom. The van der Waals surface area contributed by atoms with E-state index in [1.54, 1.807) is 31.1 Å². The van der Waals surface area contributed by atoms with Crippen LogP contribution in [0.5, 0.6) is 5.75 Å². The average Bonchev–Trinajstić information content (AvgIpc) is 2.84. The molecule has 2 rings (SSSR count). The number of hydrogen-bond donors (Lipinski definition) is 1. The molecule has 0 spiro atoms. The summed E-state index contributed by atoms with van der Waals surface area (Å²) in [6.07, 6.45) is 6.71. The Morgan fingerprint density at radius 1 is 1.22 bits per heavy atom. The Bertz CT molecular complexity index is 978. The second kappa shape index (κ2) is 18.6. The van der Waals surface area contributed by atoms with Crippen molar-refractivity contribution in [1.82, 2.24) is 4.90 Å². The van der Waals surface area contributed by atoms with E-state index in [-0.39, 0.29) is 41.7 Å². The molecule has 0 heterocycles. The number of nitrogens with one attached hydrogen (secondary N) is 1. The van der Waals surface area contributed by atoms with Gasteiger partial charge >= 0.3 is 0 Å². The molecule has 0 aliphatic heterocycles. The van der Waals surface area contributed by atoms with Crippen molar-refractivity contribution in [3.8, 4) is 18.1 Å². The zero-order chi connectivity index (χ0) is 27.2. The van der Waals surface area contributed by atoms with Crippen LogP contribution in [0, 0.1) is 37.4 Å². The second-order valence-corrected chi connectivity index (χ2v) is 10.0. The van der Waals surface area contributed by atoms with Crippen LogP contribution in [0.15, 0.2) is 36.4 Å². The maximum absolute atomic E-state index is 14.2. The molecule has 0 aromatic heterocycles. The van der Waals surface area contributed by atoms with Crippen LogP contribution in [0.2, 0.25) is 5.02 Å². The van der Waals surface area contributed by atoms with Crippen LogP contribution < -0.4 is 4.74 Å². The maximum atomic E-state index is 14.2. The van der Waals surface area contributed by atoms with Crippen LogP contribution in [0.3, 0.4) is 0 Å². The van der Waals surface area contributed by atoms with Gasteiger partial charge in [-0.3, -0.25) is 5.41 Å². The number of ether oxygens (including phenoxy) is 1. The second-order valence-electron chi connectivity index (χ2n) is 7.95. The SMILES string of the molecule is C#CCN(C(=N)SC(C)(C)Cc1ccc(OC)cc1Cl)C(C[CH2-])c1ccc(C)c(F)c1.CC.CC.[V]. The normalized spacial score (nSPS) is 10.8. The molecule has 0 aliphatic rings. The van der Waals surface area contributed by atoms with E-state index in [9.17, 15) is 4.39 Å². The number of hydrogen-bond acceptors (Lipinski definition) is 3. The monoisotopic (exact) mass is 570 g/mol. The van der Waals surface area contributed by atoms with Gasteiger partial charge in [-0.25, -0.2) is 4.39 Å². The Hall–Kier alpha value is -1.58. The van der Waals surface area contributed by atoms with E-state index in [1.807, 2.05) is 45.9 Å². The molecule has 0 bridgehead atoms. The van der Waals surface area contributed by atoms with Crippen molar-refractivity contribution in [1.29, 1.82) is 5.41 Å². The largest absolute Gasteiger partial charge is 0.497 e. The number of methoxy groups -OCH3 is 1. The molecule has 1 atom stereocenters. The Morgan fingerprint density at radius 3 is 2.31 bits per heavy atom. The molecule has 1 N–H and O–H groups in total. The molecule has 0 saturated heterocycles. The van der Waals surface area contributed by atoms with Crippen LogP contribution in [-0.2, 0) is 25.0 Å². The first kappa shape index (κ1) is 36.6. The molecular weight excluding hydrogens is 530 g/mol. The van der Waals surface area contributed by atoms with Gasteiger partial charge in [0.15, 0.2) is 5.17 Å². The fraction of sp³-hybridized carbons (Fsp3) is 0.448. The van der Waals surface area contributed by atoms with Crippen LogP contribution in [0.1, 0.15) is 70.7 Å². The van der Waals surface area contributed by atoms with E-state index in [4.69, 9.17) is 28.2 Å². The fourth-order valence-electron chi connectivity index (χ4n) is 3.35. The fourth-order valence-corrected chi connectivity index (χ4v) is 4.65. The van der Waals surface area contributed by atoms with Crippen LogP contribution in [0.25, 0.3) is 0 Å². The summed E-state index contributed by atoms with van der Waals surface area (Å²) in [5, 5.41) is 9.74. The first-order chi connectivity index (χ1) is 16.6. The van der Waals surface area contributed by atoms with Crippen molar-refractivity contribution >= 4 is 28.5 Å². The van der Waals surface area contributed by atoms with Crippen LogP contribution in [-0.4, -0.2) is 28.5 Å². The van der Waals surface area contributed by atoms with Crippen molar-refractivity contribution in [2.45, 2.75) is 72.1 Å². The van der Waals surface area contributed by atoms with E-state index >= 15 is 0 Å². The van der Waals surface area contributed by atoms with Gasteiger partial charge in [-0.2, -0.15) is 6.42 Å². The molecule has 7 heteroatoms. The van der Waals surface area contributed by atoms with Crippen molar-refractivity contribution in [3.63, 3.8) is 0 Å². The number of halogens is 2. The molecule has 0 saturated carbocycles. The minimum Gasteiger partial charge on any atom is -0.497 e. The Labute approximate surface area is 240 Å². The summed E-state index contributed by atoms with van der Waals surface area (Å²) in [5.41, 5.74) is 2.32. The molecule has 0 fully saturated rings. The molecule has 1 unspecified atom stereocenters. The predicted octanol–water partition coefficient (Wildman–Crippen LogP) is 8.74. The summed E-state index contributed by atoms with van der Waals surface area (Å²) >= 11 is 7.83. The first-order valence-electron chi connectivity index (χ1n) is 12.0. The number of nitrogens with zero attached hydrogens (tertiary/aromatic N) is 1. The number of benzene rings is 2. The van der Waals surface area contributed by atoms with Gasteiger partial charge in [0.05, 0.1) is 13.7 Å². The number of amidine groups is 1. The van der Waals surface area contributed by atoms with Gasteiger partial charge in [-0.05, 0) is 62.1 Å². The molecule has 1 radical (unpaired) electrons. The van der Waals surface area contributed by atoms with Gasteiger partial charge in [0.25, 0.3) is 0 Å². The maximum Gasteiger partial charge on any atom is 0.158 e. The number of thioether (sulfide) groups is 1. The number of terminal acetylenes is 1. The topological polar surface area (TPSA) is 36.3 Å². The summed E-state index contributed by atoms with van der Waals surface area (Å²) in [5.74, 6) is 3.06. The Kier molecular flexibility index (Phi) is 18.9. The third-order valence-electron chi connectivity index (χ3n) is 5.00. The Balaban J connectivity index is 0. The van der Waals surface area contributed by atoms with Crippen molar-refractivity contribution in [2.75, 3.05) is 13.7 Å². The van der Waals surface area contributed by atoms with Gasteiger partial charge in [-0.15, -0.1) is 6.42 Å². The third-order valence-corrected chi connectivity index (χ3v) is 6.48. The van der Waals surface area contributed by atoms with Gasteiger partial charge in [0, 0.05) is 34.4 Å². The third kappa shape index (κ3) is 11.2. The standard InChI is InChI=1S/C25H29ClFN2OS.2C2H6.V/c1-7-13-29(23(8-2)18-10-9-17(3)22(27)14-18)24(28)31-25(4,5)16-19-11-12-20(30-6)15-21(19)26;2*1-2;/h1,9-12,14-15,23,28H,2,8,13,16H2,3-6H3;2*1-2H3;/q-1;;;. The molecule has 3 nitrogen and oxygen atoms in total. The van der Waals surface area contributed by atoms with E-state index in [2.05, 4.69) is 26.7 Å². The number of aryl methyl sites for hydroxylation is 1. The smallest absolute Gasteiger partial charge is 0.158 e. The zero-order valence-electron chi connectivity index (χ0n) is 22.9. The van der Waals surface area contributed by atoms with Crippen molar-refractivity contribution in [2.24, 2.45) is 0 Å². The summed E-state index contributed by atoms with van der Waals surface area (Å²) in [6, 6.07) is 10.5. The summed E-state index contributed by atoms with van der Waals surface area (Å²) < 4.78 is 19.1. The molecule has 199 valence electrons. The van der Waals surface area contributed by atoms with Crippen LogP contribution >= 0.6 is 23.4 Å². The molecule has 2 aromatic carbocycles. The minimum atomic E-state index is -0.327. The summed E-state index contributed by atoms with van der Waals surface area (Å²) in [6.45, 7) is 18.1. The number of rotatable bonds is 8. The van der Waals surface area contributed by atoms with Gasteiger partial charge in [0.2, 0.25) is 0 Å². The van der Waals surface area contributed by atoms with Crippen molar-refractivity contribution < 1.29 is 27.7 Å². The quantitative estimate of drug-likeness (QED) is 0.149. The predicted molar refractivity (Wildman–Crippen MR) is 153 cm³/mol. The van der Waals surface area contributed by atoms with Gasteiger partial charge in [0.1, 0.15) is 11.6 Å². The van der Waals surface area contributed by atoms with E-state index in [0.29, 0.717) is 34.3 Å². The average molecular weight is 571 g/mol. The zero-order valence-corrected chi connectivity index (χ0v) is 25.9. The van der Waals surface area contributed by atoms with Gasteiger partial charge < -0.3 is 16.6 Å². The van der Waals surface area contributed by atoms with Gasteiger partial charge in [-0.1, -0.05) is 75.2 Å². The molecule has 0 aliphatic carbocycles. The molecule has 2 aromatic rings. The summed E-state index contributed by atoms with van der Waals surface area (Å²) in [7, 11) is 1.60. The van der Waals surface area contributed by atoms with E-state index < -0.39 is 0 Å². The van der Waals surface area contributed by atoms with E-state index in [0.717, 1.165) is 11.1 Å². The van der Waals surface area contributed by atoms with Crippen molar-refractivity contribution in [3.05, 3.63) is 70.9 Å². The molecule has 36 heavy (non-hydrogen) atoms. The van der Waals surface area contributed by atoms with Crippen LogP contribution in [0.4, 0.5) is 4.39 Å². The van der Waals surface area contributed by atoms with E-state index in [1.165, 1.54) is 17.8 Å². The molecule has 0 amide bonds. The minimum absolute atomic E-state index is 0. The molecular formula is C29H41ClFN2OSV-. The summed E-state index contributed by atoms with van der Waals surface area (Å²) in [4.78, 5) is 1.80. The first-order valence-corrected chi connectivity index (χ1v) is 13.2.